The van der Waals surface area contributed by atoms with Crippen LogP contribution < -0.4 is 21.7 Å². The number of hydrogen-bond acceptors (Lipinski definition) is 7. The van der Waals surface area contributed by atoms with Crippen LogP contribution in [-0.2, 0) is 30.4 Å². The van der Waals surface area contributed by atoms with Gasteiger partial charge in [-0.2, -0.15) is 12.6 Å². The zero-order valence-corrected chi connectivity index (χ0v) is 21.6. The minimum absolute atomic E-state index is 0.0986. The summed E-state index contributed by atoms with van der Waals surface area (Å²) in [5.74, 6) is -1.18. The molecule has 200 valence electrons. The van der Waals surface area contributed by atoms with Crippen LogP contribution in [0.25, 0.3) is 0 Å². The van der Waals surface area contributed by atoms with Gasteiger partial charge in [0, 0.05) is 38.5 Å². The Morgan fingerprint density at radius 3 is 1.89 bits per heavy atom. The second-order valence-electron chi connectivity index (χ2n) is 8.60. The highest BCUT2D eigenvalue weighted by molar-refractivity contribution is 7.80. The zero-order valence-electron chi connectivity index (χ0n) is 20.8. The number of Topliss-reactive ketones (excluding diaryl/α,β-unsaturated/α-hetero) is 1. The number of carbonyl (C=O) groups excluding carboxylic acids is 5. The van der Waals surface area contributed by atoms with E-state index in [0.29, 0.717) is 25.7 Å². The molecule has 0 bridgehead atoms. The van der Waals surface area contributed by atoms with Crippen molar-refractivity contribution in [3.8, 4) is 5.75 Å². The monoisotopic (exact) mass is 522 g/mol. The number of phenols is 1. The number of nitrogens with two attached hydrogens (primary N) is 1. The molecule has 1 aromatic rings. The van der Waals surface area contributed by atoms with E-state index in [2.05, 4.69) is 28.6 Å². The third-order valence-electron chi connectivity index (χ3n) is 5.62. The molecule has 0 radical (unpaired) electrons. The van der Waals surface area contributed by atoms with Gasteiger partial charge in [-0.1, -0.05) is 25.0 Å². The van der Waals surface area contributed by atoms with E-state index in [1.807, 2.05) is 0 Å². The minimum Gasteiger partial charge on any atom is -0.508 e. The summed E-state index contributed by atoms with van der Waals surface area (Å²) in [4.78, 5) is 59.7. The van der Waals surface area contributed by atoms with Crippen molar-refractivity contribution < 1.29 is 29.1 Å². The van der Waals surface area contributed by atoms with Crippen molar-refractivity contribution in [2.45, 2.75) is 76.3 Å². The van der Waals surface area contributed by atoms with E-state index in [4.69, 9.17) is 5.73 Å². The van der Waals surface area contributed by atoms with Crippen LogP contribution in [0.1, 0.15) is 63.4 Å². The van der Waals surface area contributed by atoms with Gasteiger partial charge in [-0.15, -0.1) is 0 Å². The number of thiol groups is 1. The fourth-order valence-corrected chi connectivity index (χ4v) is 3.77. The topological polar surface area (TPSA) is 168 Å². The van der Waals surface area contributed by atoms with Gasteiger partial charge in [0.05, 0.1) is 6.04 Å². The van der Waals surface area contributed by atoms with Gasteiger partial charge in [-0.3, -0.25) is 24.0 Å². The lowest BCUT2D eigenvalue weighted by Gasteiger charge is -2.18. The maximum Gasteiger partial charge on any atom is 0.240 e. The summed E-state index contributed by atoms with van der Waals surface area (Å²) in [7, 11) is 1.53. The van der Waals surface area contributed by atoms with Crippen LogP contribution in [0, 0.1) is 0 Å². The highest BCUT2D eigenvalue weighted by atomic mass is 32.1. The molecule has 0 aromatic heterocycles. The number of phenolic OH excluding ortho intramolecular Hbond substituents is 1. The second kappa shape index (κ2) is 17.4. The summed E-state index contributed by atoms with van der Waals surface area (Å²) in [5.41, 5.74) is 5.99. The quantitative estimate of drug-likeness (QED) is 0.125. The molecule has 0 unspecified atom stereocenters. The van der Waals surface area contributed by atoms with Gasteiger partial charge in [0.1, 0.15) is 11.8 Å². The third-order valence-corrected chi connectivity index (χ3v) is 5.99. The summed E-state index contributed by atoms with van der Waals surface area (Å²) in [5, 5.41) is 17.3. The summed E-state index contributed by atoms with van der Waals surface area (Å²) >= 11 is 3.99. The van der Waals surface area contributed by atoms with Gasteiger partial charge in [-0.05, 0) is 43.4 Å². The maximum atomic E-state index is 12.9. The molecule has 2 atom stereocenters. The molecule has 36 heavy (non-hydrogen) atoms. The molecule has 11 heteroatoms. The molecule has 10 nitrogen and oxygen atoms in total. The molecule has 0 aliphatic heterocycles. The van der Waals surface area contributed by atoms with E-state index in [1.54, 1.807) is 12.1 Å². The number of nitrogens with one attached hydrogen (secondary N) is 3. The molecule has 0 fully saturated rings. The van der Waals surface area contributed by atoms with Gasteiger partial charge in [0.15, 0.2) is 5.78 Å². The Hall–Kier alpha value is -3.08. The fraction of sp³-hybridized carbons (Fsp3) is 0.560. The third kappa shape index (κ3) is 13.1. The van der Waals surface area contributed by atoms with E-state index in [0.717, 1.165) is 18.4 Å². The molecule has 4 amide bonds. The summed E-state index contributed by atoms with van der Waals surface area (Å²) in [6.07, 6.45) is 4.26. The van der Waals surface area contributed by atoms with Crippen LogP contribution in [0.3, 0.4) is 0 Å². The number of carbonyl (C=O) groups is 5. The van der Waals surface area contributed by atoms with Gasteiger partial charge in [0.25, 0.3) is 0 Å². The van der Waals surface area contributed by atoms with Crippen molar-refractivity contribution in [2.75, 3.05) is 12.8 Å². The van der Waals surface area contributed by atoms with Gasteiger partial charge >= 0.3 is 0 Å². The smallest absolute Gasteiger partial charge is 0.240 e. The summed E-state index contributed by atoms with van der Waals surface area (Å²) in [6, 6.07) is 4.96. The first kappa shape index (κ1) is 31.0. The van der Waals surface area contributed by atoms with Crippen LogP contribution in [0.2, 0.25) is 0 Å². The molecule has 0 spiro atoms. The number of amides is 4. The molecular weight excluding hydrogens is 484 g/mol. The van der Waals surface area contributed by atoms with Crippen molar-refractivity contribution in [3.05, 3.63) is 29.8 Å². The van der Waals surface area contributed by atoms with Crippen LogP contribution in [0.4, 0.5) is 0 Å². The standard InChI is InChI=1S/C25H38N4O6S/c1-27-22(32)9-6-10-24(34)28-19(15-17-11-13-18(30)14-12-17)21(31)7-4-2-3-5-8-23(33)29-20(16-36)25(26)35/h11-14,19-20,30,36H,2-10,15-16H2,1H3,(H2,26,35)(H,27,32)(H,28,34)(H,29,33)/t19-,20-/m0/s1. The number of unbranched alkanes of at least 4 members (excludes halogenated alkanes) is 3. The first-order chi connectivity index (χ1) is 17.2. The Kier molecular flexibility index (Phi) is 14.9. The number of benzene rings is 1. The van der Waals surface area contributed by atoms with Crippen molar-refractivity contribution in [1.29, 1.82) is 0 Å². The zero-order chi connectivity index (χ0) is 26.9. The van der Waals surface area contributed by atoms with Crippen LogP contribution in [-0.4, -0.2) is 59.4 Å². The van der Waals surface area contributed by atoms with Crippen molar-refractivity contribution in [1.82, 2.24) is 16.0 Å². The van der Waals surface area contributed by atoms with Crippen LogP contribution >= 0.6 is 12.6 Å². The van der Waals surface area contributed by atoms with Crippen molar-refractivity contribution in [3.63, 3.8) is 0 Å². The van der Waals surface area contributed by atoms with E-state index >= 15 is 0 Å². The van der Waals surface area contributed by atoms with Crippen LogP contribution in [0.15, 0.2) is 24.3 Å². The summed E-state index contributed by atoms with van der Waals surface area (Å²) in [6.45, 7) is 0. The maximum absolute atomic E-state index is 12.9. The predicted octanol–water partition coefficient (Wildman–Crippen LogP) is 1.15. The van der Waals surface area contributed by atoms with Gasteiger partial charge < -0.3 is 26.8 Å². The lowest BCUT2D eigenvalue weighted by molar-refractivity contribution is -0.128. The molecular formula is C25H38N4O6S. The number of ketones is 1. The molecule has 0 heterocycles. The molecule has 6 N–H and O–H groups in total. The normalized spacial score (nSPS) is 12.3. The SMILES string of the molecule is CNC(=O)CCCC(=O)N[C@@H](Cc1ccc(O)cc1)C(=O)CCCCCCC(=O)N[C@@H](CS)C(N)=O. The minimum atomic E-state index is -0.789. The average molecular weight is 523 g/mol. The largest absolute Gasteiger partial charge is 0.508 e. The Morgan fingerprint density at radius 2 is 1.33 bits per heavy atom. The van der Waals surface area contributed by atoms with Gasteiger partial charge in [0.2, 0.25) is 23.6 Å². The first-order valence-electron chi connectivity index (χ1n) is 12.2. The van der Waals surface area contributed by atoms with E-state index in [-0.39, 0.29) is 60.7 Å². The Morgan fingerprint density at radius 1 is 0.806 bits per heavy atom. The lowest BCUT2D eigenvalue weighted by Crippen LogP contribution is -2.45. The van der Waals surface area contributed by atoms with E-state index < -0.39 is 18.0 Å². The Labute approximate surface area is 217 Å². The molecule has 0 saturated carbocycles. The van der Waals surface area contributed by atoms with E-state index in [9.17, 15) is 29.1 Å². The number of rotatable bonds is 18. The highest BCUT2D eigenvalue weighted by Gasteiger charge is 2.21. The first-order valence-corrected chi connectivity index (χ1v) is 12.8. The second-order valence-corrected chi connectivity index (χ2v) is 8.97. The predicted molar refractivity (Wildman–Crippen MR) is 139 cm³/mol. The summed E-state index contributed by atoms with van der Waals surface area (Å²) < 4.78 is 0. The number of aromatic hydroxyl groups is 1. The Bertz CT molecular complexity index is 878. The molecule has 1 aromatic carbocycles. The Balaban J connectivity index is 2.50. The molecule has 0 aliphatic carbocycles. The average Bonchev–Trinajstić information content (AvgIpc) is 2.84. The van der Waals surface area contributed by atoms with Crippen LogP contribution in [0.5, 0.6) is 5.75 Å². The molecule has 1 rings (SSSR count). The lowest BCUT2D eigenvalue weighted by atomic mass is 9.98. The molecule has 0 aliphatic rings. The highest BCUT2D eigenvalue weighted by Crippen LogP contribution is 2.14. The van der Waals surface area contributed by atoms with E-state index in [1.165, 1.54) is 19.2 Å². The fourth-order valence-electron chi connectivity index (χ4n) is 3.50. The number of primary amides is 1. The molecule has 0 saturated heterocycles. The number of hydrogen-bond donors (Lipinski definition) is 6. The van der Waals surface area contributed by atoms with Crippen molar-refractivity contribution >= 4 is 42.0 Å². The van der Waals surface area contributed by atoms with Gasteiger partial charge in [-0.25, -0.2) is 0 Å². The van der Waals surface area contributed by atoms with Crippen molar-refractivity contribution in [2.24, 2.45) is 5.73 Å².